The summed E-state index contributed by atoms with van der Waals surface area (Å²) < 4.78 is 34.3. The van der Waals surface area contributed by atoms with Crippen LogP contribution in [0.3, 0.4) is 0 Å². The molecule has 2 aliphatic rings. The van der Waals surface area contributed by atoms with Gasteiger partial charge in [0, 0.05) is 56.8 Å². The van der Waals surface area contributed by atoms with Crippen molar-refractivity contribution < 1.29 is 27.9 Å². The molecule has 10 nitrogen and oxygen atoms in total. The number of ether oxygens (including phenoxy) is 1. The third-order valence-electron chi connectivity index (χ3n) is 5.32. The largest absolute Gasteiger partial charge is 0.465 e. The molecular weight excluding hydrogens is 504 g/mol. The Labute approximate surface area is 196 Å². The Morgan fingerprint density at radius 2 is 1.53 bits per heavy atom. The molecule has 0 bridgehead atoms. The number of carbonyl (C=O) groups excluding carboxylic acids is 1. The molecule has 0 unspecified atom stereocenters. The van der Waals surface area contributed by atoms with E-state index in [1.165, 1.54) is 9.21 Å². The van der Waals surface area contributed by atoms with Crippen LogP contribution < -0.4 is 4.90 Å². The van der Waals surface area contributed by atoms with Crippen LogP contribution in [0.4, 0.5) is 15.3 Å². The van der Waals surface area contributed by atoms with Crippen molar-refractivity contribution in [1.29, 1.82) is 0 Å². The number of rotatable bonds is 3. The predicted octanol–water partition coefficient (Wildman–Crippen LogP) is 2.49. The van der Waals surface area contributed by atoms with Crippen molar-refractivity contribution in [2.75, 3.05) is 57.3 Å². The number of halogens is 1. The van der Waals surface area contributed by atoms with Crippen molar-refractivity contribution in [2.45, 2.75) is 31.3 Å². The standard InChI is InChI=1S/C20H29BrN4O6S/c1-20(2,3)31-19(28)24-8-6-22(7-9-24)16-14-15(21)4-5-17(16)32(29,30)25-12-10-23(11-13-25)18(26)27/h4-5,14H,6-13H2,1-3H3,(H,26,27). The molecule has 12 heteroatoms. The summed E-state index contributed by atoms with van der Waals surface area (Å²) in [4.78, 5) is 28.4. The second-order valence-electron chi connectivity index (χ2n) is 8.74. The highest BCUT2D eigenvalue weighted by Crippen LogP contribution is 2.32. The van der Waals surface area contributed by atoms with Crippen LogP contribution >= 0.6 is 15.9 Å². The van der Waals surface area contributed by atoms with Crippen molar-refractivity contribution in [3.8, 4) is 0 Å². The summed E-state index contributed by atoms with van der Waals surface area (Å²) in [6.07, 6.45) is -1.43. The molecule has 1 aromatic rings. The summed E-state index contributed by atoms with van der Waals surface area (Å²) in [6.45, 7) is 7.69. The van der Waals surface area contributed by atoms with Crippen LogP contribution in [-0.2, 0) is 14.8 Å². The van der Waals surface area contributed by atoms with Gasteiger partial charge in [0.2, 0.25) is 10.0 Å². The van der Waals surface area contributed by atoms with Gasteiger partial charge in [0.05, 0.1) is 5.69 Å². The Morgan fingerprint density at radius 3 is 2.06 bits per heavy atom. The van der Waals surface area contributed by atoms with Gasteiger partial charge in [0.15, 0.2) is 0 Å². The summed E-state index contributed by atoms with van der Waals surface area (Å²) in [7, 11) is -3.82. The monoisotopic (exact) mass is 532 g/mol. The Hall–Kier alpha value is -2.05. The first kappa shape index (κ1) is 24.6. The molecule has 0 saturated carbocycles. The first-order valence-electron chi connectivity index (χ1n) is 10.4. The highest BCUT2D eigenvalue weighted by Gasteiger charge is 2.34. The molecule has 0 radical (unpaired) electrons. The van der Waals surface area contributed by atoms with Crippen molar-refractivity contribution in [3.63, 3.8) is 0 Å². The van der Waals surface area contributed by atoms with Crippen molar-refractivity contribution in [3.05, 3.63) is 22.7 Å². The summed E-state index contributed by atoms with van der Waals surface area (Å²) in [6, 6.07) is 5.02. The lowest BCUT2D eigenvalue weighted by Gasteiger charge is -2.38. The van der Waals surface area contributed by atoms with E-state index in [9.17, 15) is 18.0 Å². The average Bonchev–Trinajstić information content (AvgIpc) is 2.72. The molecule has 0 aliphatic carbocycles. The maximum atomic E-state index is 13.4. The maximum Gasteiger partial charge on any atom is 0.410 e. The minimum Gasteiger partial charge on any atom is -0.465 e. The van der Waals surface area contributed by atoms with E-state index in [0.717, 1.165) is 4.47 Å². The second-order valence-corrected chi connectivity index (χ2v) is 11.6. The molecule has 1 aromatic carbocycles. The number of carboxylic acid groups (broad SMARTS) is 1. The van der Waals surface area contributed by atoms with Gasteiger partial charge in [-0.15, -0.1) is 0 Å². The number of anilines is 1. The number of hydrogen-bond acceptors (Lipinski definition) is 6. The molecule has 0 atom stereocenters. The summed E-state index contributed by atoms with van der Waals surface area (Å²) in [5, 5.41) is 9.12. The van der Waals surface area contributed by atoms with E-state index in [1.807, 2.05) is 25.7 Å². The smallest absolute Gasteiger partial charge is 0.410 e. The quantitative estimate of drug-likeness (QED) is 0.636. The van der Waals surface area contributed by atoms with Crippen LogP contribution in [0.25, 0.3) is 0 Å². The number of carbonyl (C=O) groups is 2. The van der Waals surface area contributed by atoms with Gasteiger partial charge < -0.3 is 24.5 Å². The third-order valence-corrected chi connectivity index (χ3v) is 7.76. The zero-order valence-electron chi connectivity index (χ0n) is 18.5. The predicted molar refractivity (Wildman–Crippen MR) is 123 cm³/mol. The second kappa shape index (κ2) is 9.44. The number of hydrogen-bond donors (Lipinski definition) is 1. The van der Waals surface area contributed by atoms with Crippen LogP contribution in [0.5, 0.6) is 0 Å². The fourth-order valence-corrected chi connectivity index (χ4v) is 5.63. The molecule has 1 N–H and O–H groups in total. The number of amides is 2. The van der Waals surface area contributed by atoms with Crippen LogP contribution in [0.15, 0.2) is 27.6 Å². The van der Waals surface area contributed by atoms with Gasteiger partial charge in [-0.2, -0.15) is 4.31 Å². The van der Waals surface area contributed by atoms with E-state index in [-0.39, 0.29) is 37.2 Å². The third kappa shape index (κ3) is 5.65. The van der Waals surface area contributed by atoms with Gasteiger partial charge in [-0.3, -0.25) is 0 Å². The zero-order valence-corrected chi connectivity index (χ0v) is 20.9. The van der Waals surface area contributed by atoms with E-state index in [2.05, 4.69) is 15.9 Å². The summed E-state index contributed by atoms with van der Waals surface area (Å²) in [5.41, 5.74) is -0.0198. The minimum absolute atomic E-state index is 0.108. The number of sulfonamides is 1. The topological polar surface area (TPSA) is 111 Å². The van der Waals surface area contributed by atoms with Crippen LogP contribution in [0.1, 0.15) is 20.8 Å². The molecule has 2 heterocycles. The Morgan fingerprint density at radius 1 is 0.969 bits per heavy atom. The van der Waals surface area contributed by atoms with Crippen molar-refractivity contribution in [2.24, 2.45) is 0 Å². The molecule has 2 amide bonds. The SMILES string of the molecule is CC(C)(C)OC(=O)N1CCN(c2cc(Br)ccc2S(=O)(=O)N2CCN(C(=O)O)CC2)CC1. The van der Waals surface area contributed by atoms with Gasteiger partial charge in [-0.25, -0.2) is 18.0 Å². The van der Waals surface area contributed by atoms with Gasteiger partial charge in [0.25, 0.3) is 0 Å². The Balaban J connectivity index is 1.76. The van der Waals surface area contributed by atoms with E-state index in [0.29, 0.717) is 31.9 Å². The summed E-state index contributed by atoms with van der Waals surface area (Å²) >= 11 is 3.43. The molecule has 178 valence electrons. The lowest BCUT2D eigenvalue weighted by Crippen LogP contribution is -2.51. The lowest BCUT2D eigenvalue weighted by molar-refractivity contribution is 0.0240. The minimum atomic E-state index is -3.82. The normalized spacial score (nSPS) is 18.6. The lowest BCUT2D eigenvalue weighted by atomic mass is 10.2. The highest BCUT2D eigenvalue weighted by molar-refractivity contribution is 9.10. The first-order valence-corrected chi connectivity index (χ1v) is 12.6. The molecular formula is C20H29BrN4O6S. The van der Waals surface area contributed by atoms with E-state index >= 15 is 0 Å². The molecule has 0 aromatic heterocycles. The van der Waals surface area contributed by atoms with Crippen LogP contribution in [0.2, 0.25) is 0 Å². The van der Waals surface area contributed by atoms with Crippen LogP contribution in [0, 0.1) is 0 Å². The van der Waals surface area contributed by atoms with Gasteiger partial charge >= 0.3 is 12.2 Å². The zero-order chi connectivity index (χ0) is 23.7. The fourth-order valence-electron chi connectivity index (χ4n) is 3.67. The molecule has 2 saturated heterocycles. The Bertz CT molecular complexity index is 965. The van der Waals surface area contributed by atoms with E-state index in [4.69, 9.17) is 9.84 Å². The van der Waals surface area contributed by atoms with Crippen LogP contribution in [-0.4, -0.2) is 97.8 Å². The van der Waals surface area contributed by atoms with E-state index < -0.39 is 21.7 Å². The highest BCUT2D eigenvalue weighted by atomic mass is 79.9. The molecule has 2 fully saturated rings. The first-order chi connectivity index (χ1) is 14.9. The van der Waals surface area contributed by atoms with Gasteiger partial charge in [0.1, 0.15) is 10.5 Å². The fraction of sp³-hybridized carbons (Fsp3) is 0.600. The molecule has 2 aliphatic heterocycles. The summed E-state index contributed by atoms with van der Waals surface area (Å²) in [5.74, 6) is 0. The van der Waals surface area contributed by atoms with E-state index in [1.54, 1.807) is 23.1 Å². The average molecular weight is 533 g/mol. The number of nitrogens with zero attached hydrogens (tertiary/aromatic N) is 4. The van der Waals surface area contributed by atoms with Crippen molar-refractivity contribution >= 4 is 43.8 Å². The Kier molecular flexibility index (Phi) is 7.25. The number of piperazine rings is 2. The molecule has 0 spiro atoms. The van der Waals surface area contributed by atoms with Gasteiger partial charge in [-0.05, 0) is 39.0 Å². The van der Waals surface area contributed by atoms with Gasteiger partial charge in [-0.1, -0.05) is 15.9 Å². The number of benzene rings is 1. The molecule has 32 heavy (non-hydrogen) atoms. The molecule has 3 rings (SSSR count). The maximum absolute atomic E-state index is 13.4. The van der Waals surface area contributed by atoms with Crippen molar-refractivity contribution in [1.82, 2.24) is 14.1 Å².